The SMILES string of the molecule is CCC/C=C(/Nc1nccc(C2CCN(C(=O)c3ccc(OC(F)(F)F)cc3)CC2)c1C)C1CCS(=O)C1. The van der Waals surface area contributed by atoms with Gasteiger partial charge in [0.25, 0.3) is 5.91 Å². The maximum absolute atomic E-state index is 12.9. The van der Waals surface area contributed by atoms with Crippen LogP contribution < -0.4 is 10.1 Å². The summed E-state index contributed by atoms with van der Waals surface area (Å²) in [4.78, 5) is 19.3. The molecule has 2 fully saturated rings. The van der Waals surface area contributed by atoms with Crippen LogP contribution in [0.5, 0.6) is 5.75 Å². The number of piperidine rings is 1. The fourth-order valence-corrected chi connectivity index (χ4v) is 6.67. The van der Waals surface area contributed by atoms with Crippen molar-refractivity contribution in [2.75, 3.05) is 29.9 Å². The summed E-state index contributed by atoms with van der Waals surface area (Å²) in [5.41, 5.74) is 3.73. The Morgan fingerprint density at radius 1 is 1.18 bits per heavy atom. The lowest BCUT2D eigenvalue weighted by Crippen LogP contribution is -2.38. The summed E-state index contributed by atoms with van der Waals surface area (Å²) < 4.78 is 53.1. The molecule has 1 aromatic heterocycles. The fourth-order valence-electron chi connectivity index (χ4n) is 5.16. The molecule has 0 bridgehead atoms. The summed E-state index contributed by atoms with van der Waals surface area (Å²) in [5, 5.41) is 3.56. The number of hydrogen-bond acceptors (Lipinski definition) is 5. The largest absolute Gasteiger partial charge is 0.573 e. The van der Waals surface area contributed by atoms with E-state index in [1.54, 1.807) is 4.90 Å². The number of likely N-dealkylation sites (tertiary alicyclic amines) is 1. The Kier molecular flexibility index (Phi) is 9.12. The molecule has 1 N–H and O–H groups in total. The summed E-state index contributed by atoms with van der Waals surface area (Å²) in [6, 6.07) is 7.10. The summed E-state index contributed by atoms with van der Waals surface area (Å²) in [5.74, 6) is 2.23. The van der Waals surface area contributed by atoms with Gasteiger partial charge >= 0.3 is 6.36 Å². The molecular weight excluding hydrogens is 515 g/mol. The Balaban J connectivity index is 1.40. The third kappa shape index (κ3) is 7.15. The van der Waals surface area contributed by atoms with E-state index in [4.69, 9.17) is 0 Å². The van der Waals surface area contributed by atoms with Crippen molar-refractivity contribution in [1.29, 1.82) is 0 Å². The van der Waals surface area contributed by atoms with Crippen molar-refractivity contribution in [2.24, 2.45) is 5.92 Å². The molecule has 38 heavy (non-hydrogen) atoms. The van der Waals surface area contributed by atoms with E-state index in [0.29, 0.717) is 24.4 Å². The average molecular weight is 550 g/mol. The minimum Gasteiger partial charge on any atom is -0.406 e. The van der Waals surface area contributed by atoms with E-state index in [2.05, 4.69) is 35.0 Å². The second-order valence-corrected chi connectivity index (χ2v) is 11.5. The molecule has 0 saturated carbocycles. The van der Waals surface area contributed by atoms with E-state index >= 15 is 0 Å². The number of hydrogen-bond donors (Lipinski definition) is 1. The zero-order valence-electron chi connectivity index (χ0n) is 21.7. The van der Waals surface area contributed by atoms with Gasteiger partial charge in [-0.2, -0.15) is 0 Å². The first-order chi connectivity index (χ1) is 18.1. The monoisotopic (exact) mass is 549 g/mol. The number of amides is 1. The number of aromatic nitrogens is 1. The summed E-state index contributed by atoms with van der Waals surface area (Å²) >= 11 is 0. The molecule has 206 valence electrons. The first kappa shape index (κ1) is 28.1. The molecule has 2 aliphatic heterocycles. The first-order valence-corrected chi connectivity index (χ1v) is 14.6. The number of alkyl halides is 3. The molecule has 3 heterocycles. The number of anilines is 1. The normalized spacial score (nSPS) is 21.0. The van der Waals surface area contributed by atoms with Crippen LogP contribution >= 0.6 is 0 Å². The van der Waals surface area contributed by atoms with E-state index in [-0.39, 0.29) is 23.5 Å². The van der Waals surface area contributed by atoms with E-state index in [1.165, 1.54) is 17.7 Å². The quantitative estimate of drug-likeness (QED) is 0.426. The Morgan fingerprint density at radius 2 is 1.89 bits per heavy atom. The number of nitrogens with one attached hydrogen (secondary N) is 1. The zero-order valence-corrected chi connectivity index (χ0v) is 22.5. The van der Waals surface area contributed by atoms with Gasteiger partial charge in [0.05, 0.1) is 0 Å². The number of unbranched alkanes of at least 4 members (excludes halogenated alkanes) is 1. The number of benzene rings is 1. The average Bonchev–Trinajstić information content (AvgIpc) is 3.33. The zero-order chi connectivity index (χ0) is 27.3. The van der Waals surface area contributed by atoms with Crippen LogP contribution in [-0.2, 0) is 10.8 Å². The van der Waals surface area contributed by atoms with Crippen molar-refractivity contribution < 1.29 is 26.9 Å². The van der Waals surface area contributed by atoms with Crippen LogP contribution in [0.2, 0.25) is 0 Å². The van der Waals surface area contributed by atoms with Gasteiger partial charge in [-0.1, -0.05) is 19.4 Å². The number of halogens is 3. The molecule has 1 amide bonds. The van der Waals surface area contributed by atoms with Crippen molar-refractivity contribution in [1.82, 2.24) is 9.88 Å². The molecule has 2 atom stereocenters. The molecule has 4 rings (SSSR count). The fraction of sp³-hybridized carbons (Fsp3) is 0.500. The number of carbonyl (C=O) groups excluding carboxylic acids is 1. The third-order valence-electron chi connectivity index (χ3n) is 7.24. The Labute approximate surface area is 224 Å². The molecule has 2 unspecified atom stereocenters. The van der Waals surface area contributed by atoms with Gasteiger partial charge in [-0.15, -0.1) is 13.2 Å². The predicted octanol–water partition coefficient (Wildman–Crippen LogP) is 6.17. The highest BCUT2D eigenvalue weighted by Crippen LogP contribution is 2.34. The number of nitrogens with zero attached hydrogens (tertiary/aromatic N) is 2. The molecular formula is C28H34F3N3O3S. The van der Waals surface area contributed by atoms with Gasteiger partial charge in [-0.3, -0.25) is 9.00 Å². The molecule has 0 spiro atoms. The third-order valence-corrected chi connectivity index (χ3v) is 8.70. The van der Waals surface area contributed by atoms with E-state index in [1.807, 2.05) is 12.3 Å². The second kappa shape index (κ2) is 12.3. The summed E-state index contributed by atoms with van der Waals surface area (Å²) in [6.45, 7) is 5.32. The molecule has 0 radical (unpaired) electrons. The molecule has 0 aliphatic carbocycles. The van der Waals surface area contributed by atoms with Crippen molar-refractivity contribution in [3.8, 4) is 5.75 Å². The molecule has 2 saturated heterocycles. The standard InChI is InChI=1S/C28H34F3N3O3S/c1-3-4-5-25(22-13-17-38(36)18-22)33-26-19(2)24(10-14-32-26)20-11-15-34(16-12-20)27(35)21-6-8-23(9-7-21)37-28(29,30)31/h5-10,14,20,22H,3-4,11-13,15-18H2,1-2H3,(H,32,33)/b25-5+. The van der Waals surface area contributed by atoms with Crippen molar-refractivity contribution in [2.45, 2.75) is 58.2 Å². The lowest BCUT2D eigenvalue weighted by atomic mass is 9.87. The van der Waals surface area contributed by atoms with E-state index in [0.717, 1.165) is 67.1 Å². The highest BCUT2D eigenvalue weighted by Gasteiger charge is 2.31. The number of allylic oxidation sites excluding steroid dienone is 2. The Morgan fingerprint density at radius 3 is 2.50 bits per heavy atom. The van der Waals surface area contributed by atoms with Crippen LogP contribution in [0.4, 0.5) is 19.0 Å². The molecule has 6 nitrogen and oxygen atoms in total. The lowest BCUT2D eigenvalue weighted by molar-refractivity contribution is -0.274. The Bertz CT molecular complexity index is 1180. The van der Waals surface area contributed by atoms with E-state index < -0.39 is 17.2 Å². The minimum absolute atomic E-state index is 0.199. The van der Waals surface area contributed by atoms with Crippen molar-refractivity contribution >= 4 is 22.5 Å². The van der Waals surface area contributed by atoms with Crippen LogP contribution in [-0.4, -0.2) is 51.0 Å². The van der Waals surface area contributed by atoms with Crippen molar-refractivity contribution in [3.63, 3.8) is 0 Å². The topological polar surface area (TPSA) is 71.5 Å². The second-order valence-electron chi connectivity index (χ2n) is 9.88. The van der Waals surface area contributed by atoms with Gasteiger partial charge in [0, 0.05) is 58.8 Å². The molecule has 2 aliphatic rings. The van der Waals surface area contributed by atoms with E-state index in [9.17, 15) is 22.2 Å². The maximum atomic E-state index is 12.9. The van der Waals surface area contributed by atoms with Gasteiger partial charge in [0.1, 0.15) is 11.6 Å². The highest BCUT2D eigenvalue weighted by atomic mass is 32.2. The lowest BCUT2D eigenvalue weighted by Gasteiger charge is -2.33. The van der Waals surface area contributed by atoms with Crippen LogP contribution in [0.3, 0.4) is 0 Å². The minimum atomic E-state index is -4.77. The van der Waals surface area contributed by atoms with Gasteiger partial charge in [0.2, 0.25) is 0 Å². The molecule has 10 heteroatoms. The van der Waals surface area contributed by atoms with Gasteiger partial charge < -0.3 is 15.0 Å². The van der Waals surface area contributed by atoms with Gasteiger partial charge in [-0.05, 0) is 80.0 Å². The number of ether oxygens (including phenoxy) is 1. The Hall–Kier alpha value is -2.88. The van der Waals surface area contributed by atoms with Gasteiger partial charge in [-0.25, -0.2) is 4.98 Å². The number of pyridine rings is 1. The summed E-state index contributed by atoms with van der Waals surface area (Å²) in [6.07, 6.45) is 3.74. The number of rotatable bonds is 8. The first-order valence-electron chi connectivity index (χ1n) is 13.1. The smallest absolute Gasteiger partial charge is 0.406 e. The van der Waals surface area contributed by atoms with Crippen LogP contribution in [0, 0.1) is 12.8 Å². The van der Waals surface area contributed by atoms with Gasteiger partial charge in [0.15, 0.2) is 0 Å². The molecule has 1 aromatic carbocycles. The van der Waals surface area contributed by atoms with Crippen molar-refractivity contribution in [3.05, 3.63) is 65.0 Å². The predicted molar refractivity (Wildman–Crippen MR) is 143 cm³/mol. The van der Waals surface area contributed by atoms with Crippen LogP contribution in [0.25, 0.3) is 0 Å². The number of carbonyl (C=O) groups is 1. The summed E-state index contributed by atoms with van der Waals surface area (Å²) in [7, 11) is -0.762. The maximum Gasteiger partial charge on any atom is 0.573 e. The van der Waals surface area contributed by atoms with Crippen LogP contribution in [0.1, 0.15) is 66.4 Å². The molecule has 2 aromatic rings. The van der Waals surface area contributed by atoms with Crippen LogP contribution in [0.15, 0.2) is 48.3 Å². The highest BCUT2D eigenvalue weighted by molar-refractivity contribution is 7.85.